The number of hydrogen-bond acceptors (Lipinski definition) is 6. The largest absolute Gasteiger partial charge is 0.494 e. The van der Waals surface area contributed by atoms with Crippen LogP contribution in [0.1, 0.15) is 48.7 Å². The first-order valence-electron chi connectivity index (χ1n) is 13.1. The third-order valence-electron chi connectivity index (χ3n) is 7.12. The van der Waals surface area contributed by atoms with Crippen molar-refractivity contribution in [2.75, 3.05) is 19.7 Å². The van der Waals surface area contributed by atoms with E-state index in [1.807, 2.05) is 42.5 Å². The van der Waals surface area contributed by atoms with E-state index < -0.39 is 0 Å². The van der Waals surface area contributed by atoms with Crippen LogP contribution in [0, 0.1) is 0 Å². The molecule has 0 saturated carbocycles. The minimum atomic E-state index is -0.367. The van der Waals surface area contributed by atoms with E-state index in [0.29, 0.717) is 6.04 Å². The second-order valence-electron chi connectivity index (χ2n) is 9.79. The number of nitrogens with one attached hydrogen (secondary N) is 1. The molecule has 7 heteroatoms. The van der Waals surface area contributed by atoms with Gasteiger partial charge in [-0.15, -0.1) is 11.3 Å². The van der Waals surface area contributed by atoms with Crippen LogP contribution in [-0.4, -0.2) is 47.8 Å². The van der Waals surface area contributed by atoms with E-state index in [-0.39, 0.29) is 18.7 Å². The first-order chi connectivity index (χ1) is 17.6. The summed E-state index contributed by atoms with van der Waals surface area (Å²) in [6.45, 7) is 5.69. The molecule has 1 N–H and O–H groups in total. The maximum absolute atomic E-state index is 12.3. The van der Waals surface area contributed by atoms with Crippen molar-refractivity contribution < 1.29 is 14.3 Å². The van der Waals surface area contributed by atoms with E-state index in [1.165, 1.54) is 24.3 Å². The van der Waals surface area contributed by atoms with Gasteiger partial charge in [-0.1, -0.05) is 30.3 Å². The summed E-state index contributed by atoms with van der Waals surface area (Å²) in [7, 11) is 0. The minimum Gasteiger partial charge on any atom is -0.494 e. The Morgan fingerprint density at radius 3 is 2.75 bits per heavy atom. The molecule has 36 heavy (non-hydrogen) atoms. The molecule has 1 saturated heterocycles. The zero-order valence-corrected chi connectivity index (χ0v) is 21.8. The Morgan fingerprint density at radius 2 is 1.97 bits per heavy atom. The van der Waals surface area contributed by atoms with Crippen LogP contribution in [-0.2, 0) is 24.2 Å². The van der Waals surface area contributed by atoms with Gasteiger partial charge in [0.1, 0.15) is 17.4 Å². The lowest BCUT2D eigenvalue weighted by atomic mass is 9.98. The lowest BCUT2D eigenvalue weighted by Gasteiger charge is -2.22. The summed E-state index contributed by atoms with van der Waals surface area (Å²) in [5, 5.41) is 4.04. The maximum atomic E-state index is 12.3. The lowest BCUT2D eigenvalue weighted by molar-refractivity contribution is 0.134. The highest BCUT2D eigenvalue weighted by Crippen LogP contribution is 2.33. The molecule has 1 aliphatic heterocycles. The molecule has 2 aliphatic rings. The number of benzene rings is 2. The lowest BCUT2D eigenvalue weighted by Crippen LogP contribution is -2.39. The summed E-state index contributed by atoms with van der Waals surface area (Å²) in [6.07, 6.45) is 5.89. The molecule has 2 heterocycles. The molecule has 1 fully saturated rings. The third-order valence-corrected chi connectivity index (χ3v) is 8.33. The van der Waals surface area contributed by atoms with Gasteiger partial charge in [0.15, 0.2) is 0 Å². The van der Waals surface area contributed by atoms with E-state index in [0.717, 1.165) is 66.4 Å². The van der Waals surface area contributed by atoms with Crippen LogP contribution >= 0.6 is 11.3 Å². The molecule has 0 spiro atoms. The number of fused-ring (bicyclic) bond motifs is 1. The Balaban J connectivity index is 1.08. The monoisotopic (exact) mass is 505 g/mol. The molecule has 1 aromatic heterocycles. The van der Waals surface area contributed by atoms with Gasteiger partial charge in [-0.3, -0.25) is 0 Å². The number of likely N-dealkylation sites (tertiary alicyclic amines) is 1. The Kier molecular flexibility index (Phi) is 8.18. The Bertz CT molecular complexity index is 1130. The zero-order valence-electron chi connectivity index (χ0n) is 20.9. The number of nitrogens with zero attached hydrogens (tertiary/aromatic N) is 2. The number of alkyl carbamates (subject to hydrolysis) is 1. The predicted molar refractivity (Wildman–Crippen MR) is 144 cm³/mol. The van der Waals surface area contributed by atoms with Gasteiger partial charge in [0.2, 0.25) is 0 Å². The summed E-state index contributed by atoms with van der Waals surface area (Å²) >= 11 is 1.76. The van der Waals surface area contributed by atoms with Gasteiger partial charge >= 0.3 is 6.09 Å². The number of rotatable bonds is 9. The molecule has 3 aromatic rings. The van der Waals surface area contributed by atoms with Crippen molar-refractivity contribution in [3.63, 3.8) is 0 Å². The average Bonchev–Trinajstić information content (AvgIpc) is 3.52. The third kappa shape index (κ3) is 6.45. The van der Waals surface area contributed by atoms with E-state index in [2.05, 4.69) is 29.3 Å². The summed E-state index contributed by atoms with van der Waals surface area (Å²) in [5.74, 6) is 0.910. The summed E-state index contributed by atoms with van der Waals surface area (Å²) in [5.41, 5.74) is 3.18. The summed E-state index contributed by atoms with van der Waals surface area (Å²) in [6, 6.07) is 18.8. The topological polar surface area (TPSA) is 63.7 Å². The first-order valence-corrected chi connectivity index (χ1v) is 13.9. The first kappa shape index (κ1) is 24.8. The van der Waals surface area contributed by atoms with Gasteiger partial charge in [-0.25, -0.2) is 9.78 Å². The molecule has 190 valence electrons. The molecule has 0 bridgehead atoms. The van der Waals surface area contributed by atoms with Crippen molar-refractivity contribution in [2.45, 2.75) is 64.1 Å². The second-order valence-corrected chi connectivity index (χ2v) is 10.9. The fraction of sp³-hybridized carbons (Fsp3) is 0.448. The predicted octanol–water partition coefficient (Wildman–Crippen LogP) is 5.85. The molecule has 2 unspecified atom stereocenters. The fourth-order valence-corrected chi connectivity index (χ4v) is 6.14. The molecule has 2 aromatic carbocycles. The average molecular weight is 506 g/mol. The summed E-state index contributed by atoms with van der Waals surface area (Å²) < 4.78 is 11.4. The Morgan fingerprint density at radius 1 is 1.14 bits per heavy atom. The van der Waals surface area contributed by atoms with Crippen LogP contribution in [0.25, 0.3) is 10.6 Å². The molecule has 5 rings (SSSR count). The van der Waals surface area contributed by atoms with Crippen molar-refractivity contribution in [1.29, 1.82) is 0 Å². The van der Waals surface area contributed by atoms with E-state index >= 15 is 0 Å². The zero-order chi connectivity index (χ0) is 24.7. The number of thiazole rings is 1. The van der Waals surface area contributed by atoms with Crippen molar-refractivity contribution in [3.8, 4) is 16.3 Å². The molecule has 0 radical (unpaired) electrons. The Hall–Kier alpha value is -2.90. The molecule has 6 nitrogen and oxygen atoms in total. The normalized spacial score (nSPS) is 19.6. The minimum absolute atomic E-state index is 0.0510. The van der Waals surface area contributed by atoms with Gasteiger partial charge in [0.25, 0.3) is 0 Å². The van der Waals surface area contributed by atoms with E-state index in [1.54, 1.807) is 11.3 Å². The quantitative estimate of drug-likeness (QED) is 0.370. The molecule has 1 aliphatic carbocycles. The van der Waals surface area contributed by atoms with Crippen LogP contribution in [0.4, 0.5) is 4.79 Å². The van der Waals surface area contributed by atoms with Crippen LogP contribution in [0.15, 0.2) is 54.6 Å². The van der Waals surface area contributed by atoms with Gasteiger partial charge in [0, 0.05) is 35.5 Å². The number of amides is 1. The van der Waals surface area contributed by atoms with Crippen molar-refractivity contribution in [2.24, 2.45) is 0 Å². The van der Waals surface area contributed by atoms with Gasteiger partial charge in [-0.05, 0) is 75.4 Å². The molecular formula is C29H35N3O3S. The van der Waals surface area contributed by atoms with Gasteiger partial charge in [0.05, 0.1) is 12.3 Å². The van der Waals surface area contributed by atoms with Gasteiger partial charge in [-0.2, -0.15) is 0 Å². The van der Waals surface area contributed by atoms with Crippen LogP contribution in [0.5, 0.6) is 5.75 Å². The van der Waals surface area contributed by atoms with Crippen LogP contribution in [0.3, 0.4) is 0 Å². The number of aryl methyl sites for hydroxylation is 1. The second kappa shape index (κ2) is 11.9. The van der Waals surface area contributed by atoms with Crippen LogP contribution < -0.4 is 10.1 Å². The summed E-state index contributed by atoms with van der Waals surface area (Å²) in [4.78, 5) is 21.1. The maximum Gasteiger partial charge on any atom is 0.407 e. The molecular weight excluding hydrogens is 470 g/mol. The highest BCUT2D eigenvalue weighted by atomic mass is 32.1. The number of carbonyl (C=O) groups excluding carboxylic acids is 1. The molecule has 2 atom stereocenters. The number of hydrogen-bond donors (Lipinski definition) is 1. The van der Waals surface area contributed by atoms with Gasteiger partial charge < -0.3 is 19.7 Å². The van der Waals surface area contributed by atoms with Crippen molar-refractivity contribution in [1.82, 2.24) is 15.2 Å². The molecule has 1 amide bonds. The fourth-order valence-electron chi connectivity index (χ4n) is 5.03. The standard InChI is InChI=1S/C29H35N3O3S/c1-21-7-5-16-32(21)17-6-18-34-25-13-10-23(11-14-25)28-31-26-19-24(12-15-27(26)36-28)30-29(33)35-20-22-8-3-2-4-9-22/h2-4,8-11,13-14,21,24H,5-7,12,15-20H2,1H3,(H,30,33). The smallest absolute Gasteiger partial charge is 0.407 e. The number of ether oxygens (including phenoxy) is 2. The number of aromatic nitrogens is 1. The van der Waals surface area contributed by atoms with E-state index in [4.69, 9.17) is 14.5 Å². The SMILES string of the molecule is CC1CCCN1CCCOc1ccc(-c2nc3c(s2)CCC(NC(=O)OCc2ccccc2)C3)cc1. The highest BCUT2D eigenvalue weighted by molar-refractivity contribution is 7.15. The number of carbonyl (C=O) groups is 1. The van der Waals surface area contributed by atoms with Crippen LogP contribution in [0.2, 0.25) is 0 Å². The Labute approximate surface area is 217 Å². The van der Waals surface area contributed by atoms with Crippen molar-refractivity contribution in [3.05, 3.63) is 70.7 Å². The highest BCUT2D eigenvalue weighted by Gasteiger charge is 2.25. The van der Waals surface area contributed by atoms with Crippen molar-refractivity contribution >= 4 is 17.4 Å². The van der Waals surface area contributed by atoms with E-state index in [9.17, 15) is 4.79 Å².